The lowest BCUT2D eigenvalue weighted by Gasteiger charge is -2.19. The molecular formula is C15H11ClNO4-. The molecule has 108 valence electrons. The molecule has 0 unspecified atom stereocenters. The Labute approximate surface area is 125 Å². The maximum absolute atomic E-state index is 12.5. The van der Waals surface area contributed by atoms with Gasteiger partial charge in [0.15, 0.2) is 0 Å². The Morgan fingerprint density at radius 3 is 2.57 bits per heavy atom. The monoisotopic (exact) mass is 304 g/mol. The van der Waals surface area contributed by atoms with Gasteiger partial charge in [0.05, 0.1) is 23.5 Å². The Morgan fingerprint density at radius 1 is 1.19 bits per heavy atom. The van der Waals surface area contributed by atoms with E-state index in [1.54, 1.807) is 12.1 Å². The molecule has 2 aliphatic rings. The van der Waals surface area contributed by atoms with Crippen LogP contribution < -0.4 is 10.0 Å². The molecule has 3 rings (SSSR count). The lowest BCUT2D eigenvalue weighted by atomic mass is 9.85. The third-order valence-electron chi connectivity index (χ3n) is 3.93. The molecule has 0 bridgehead atoms. The van der Waals surface area contributed by atoms with Crippen LogP contribution in [-0.4, -0.2) is 17.8 Å². The van der Waals surface area contributed by atoms with Crippen molar-refractivity contribution in [2.45, 2.75) is 12.8 Å². The number of para-hydroxylation sites is 1. The molecule has 1 aromatic carbocycles. The average molecular weight is 305 g/mol. The Kier molecular flexibility index (Phi) is 3.29. The molecule has 0 saturated carbocycles. The number of imide groups is 1. The van der Waals surface area contributed by atoms with Gasteiger partial charge >= 0.3 is 0 Å². The van der Waals surface area contributed by atoms with Crippen LogP contribution >= 0.6 is 11.6 Å². The first kappa shape index (κ1) is 13.8. The number of aromatic carboxylic acids is 1. The lowest BCUT2D eigenvalue weighted by Crippen LogP contribution is -2.34. The van der Waals surface area contributed by atoms with E-state index in [0.29, 0.717) is 17.9 Å². The standard InChI is InChI=1S/C15H12ClNO4/c16-8-5-6-9-11(7-8)14(19)17(13(9)18)12-4-2-1-3-10(12)15(20)21/h1-5,9,11H,6-7H2,(H,20,21)/p-1/t9-,11+/m1/s1. The summed E-state index contributed by atoms with van der Waals surface area (Å²) in [5.41, 5.74) is -0.102. The van der Waals surface area contributed by atoms with Crippen LogP contribution in [0.2, 0.25) is 0 Å². The van der Waals surface area contributed by atoms with E-state index in [2.05, 4.69) is 0 Å². The van der Waals surface area contributed by atoms with E-state index in [-0.39, 0.29) is 17.2 Å². The van der Waals surface area contributed by atoms with Gasteiger partial charge in [-0.1, -0.05) is 35.9 Å². The maximum atomic E-state index is 12.5. The first-order chi connectivity index (χ1) is 10.0. The summed E-state index contributed by atoms with van der Waals surface area (Å²) < 4.78 is 0. The summed E-state index contributed by atoms with van der Waals surface area (Å²) >= 11 is 5.95. The largest absolute Gasteiger partial charge is 0.545 e. The van der Waals surface area contributed by atoms with Gasteiger partial charge in [-0.3, -0.25) is 9.59 Å². The zero-order valence-electron chi connectivity index (χ0n) is 10.9. The van der Waals surface area contributed by atoms with Gasteiger partial charge in [-0.15, -0.1) is 0 Å². The zero-order chi connectivity index (χ0) is 15.1. The van der Waals surface area contributed by atoms with Gasteiger partial charge < -0.3 is 9.90 Å². The molecule has 0 radical (unpaired) electrons. The van der Waals surface area contributed by atoms with E-state index in [9.17, 15) is 19.5 Å². The molecule has 21 heavy (non-hydrogen) atoms. The van der Waals surface area contributed by atoms with Crippen molar-refractivity contribution in [3.8, 4) is 0 Å². The third kappa shape index (κ3) is 2.14. The zero-order valence-corrected chi connectivity index (χ0v) is 11.7. The Balaban J connectivity index is 2.04. The average Bonchev–Trinajstić information content (AvgIpc) is 2.70. The van der Waals surface area contributed by atoms with E-state index in [1.807, 2.05) is 0 Å². The van der Waals surface area contributed by atoms with Crippen LogP contribution in [0.15, 0.2) is 35.4 Å². The second-order valence-corrected chi connectivity index (χ2v) is 5.61. The number of rotatable bonds is 2. The lowest BCUT2D eigenvalue weighted by molar-refractivity contribution is -0.254. The van der Waals surface area contributed by atoms with Crippen molar-refractivity contribution in [1.29, 1.82) is 0 Å². The van der Waals surface area contributed by atoms with Crippen LogP contribution in [0.4, 0.5) is 5.69 Å². The fourth-order valence-corrected chi connectivity index (χ4v) is 3.16. The Hall–Kier alpha value is -2.14. The number of hydrogen-bond donors (Lipinski definition) is 0. The van der Waals surface area contributed by atoms with Gasteiger partial charge in [-0.25, -0.2) is 4.90 Å². The minimum absolute atomic E-state index is 0.0676. The highest BCUT2D eigenvalue weighted by Crippen LogP contribution is 2.41. The first-order valence-electron chi connectivity index (χ1n) is 6.53. The van der Waals surface area contributed by atoms with Gasteiger partial charge in [0, 0.05) is 10.6 Å². The van der Waals surface area contributed by atoms with Crippen molar-refractivity contribution in [2.24, 2.45) is 11.8 Å². The number of anilines is 1. The number of carbonyl (C=O) groups is 3. The van der Waals surface area contributed by atoms with Crippen LogP contribution in [0.3, 0.4) is 0 Å². The van der Waals surface area contributed by atoms with E-state index in [1.165, 1.54) is 18.2 Å². The van der Waals surface area contributed by atoms with Crippen LogP contribution in [0.5, 0.6) is 0 Å². The molecule has 2 atom stereocenters. The fourth-order valence-electron chi connectivity index (χ4n) is 2.91. The molecular weight excluding hydrogens is 294 g/mol. The molecule has 1 aliphatic heterocycles. The molecule has 2 amide bonds. The van der Waals surface area contributed by atoms with Gasteiger partial charge in [-0.2, -0.15) is 0 Å². The predicted molar refractivity (Wildman–Crippen MR) is 73.4 cm³/mol. The predicted octanol–water partition coefficient (Wildman–Crippen LogP) is 1.07. The number of halogens is 1. The fraction of sp³-hybridized carbons (Fsp3) is 0.267. The topological polar surface area (TPSA) is 77.5 Å². The molecule has 1 fully saturated rings. The molecule has 0 N–H and O–H groups in total. The molecule has 1 aliphatic carbocycles. The molecule has 5 nitrogen and oxygen atoms in total. The Morgan fingerprint density at radius 2 is 1.86 bits per heavy atom. The summed E-state index contributed by atoms with van der Waals surface area (Å²) in [5, 5.41) is 11.7. The van der Waals surface area contributed by atoms with E-state index in [4.69, 9.17) is 11.6 Å². The highest BCUT2D eigenvalue weighted by atomic mass is 35.5. The molecule has 1 aromatic rings. The first-order valence-corrected chi connectivity index (χ1v) is 6.91. The van der Waals surface area contributed by atoms with E-state index < -0.39 is 23.7 Å². The Bertz CT molecular complexity index is 682. The normalized spacial score (nSPS) is 24.8. The highest BCUT2D eigenvalue weighted by molar-refractivity contribution is 6.31. The molecule has 6 heteroatoms. The number of carboxylic acids is 1. The summed E-state index contributed by atoms with van der Waals surface area (Å²) in [4.78, 5) is 37.1. The summed E-state index contributed by atoms with van der Waals surface area (Å²) in [5.74, 6) is -3.17. The second-order valence-electron chi connectivity index (χ2n) is 5.12. The van der Waals surface area contributed by atoms with Gasteiger partial charge in [0.25, 0.3) is 0 Å². The van der Waals surface area contributed by atoms with Crippen LogP contribution in [0.1, 0.15) is 23.2 Å². The van der Waals surface area contributed by atoms with Gasteiger partial charge in [0.2, 0.25) is 11.8 Å². The SMILES string of the molecule is O=C([O-])c1ccccc1N1C(=O)[C@H]2CC(Cl)=CC[C@H]2C1=O. The summed E-state index contributed by atoms with van der Waals surface area (Å²) in [7, 11) is 0. The highest BCUT2D eigenvalue weighted by Gasteiger charge is 2.49. The van der Waals surface area contributed by atoms with Gasteiger partial charge in [0.1, 0.15) is 0 Å². The van der Waals surface area contributed by atoms with Crippen molar-refractivity contribution in [1.82, 2.24) is 0 Å². The minimum Gasteiger partial charge on any atom is -0.545 e. The van der Waals surface area contributed by atoms with Crippen molar-refractivity contribution in [2.75, 3.05) is 4.90 Å². The smallest absolute Gasteiger partial charge is 0.238 e. The molecule has 1 saturated heterocycles. The molecule has 0 aromatic heterocycles. The van der Waals surface area contributed by atoms with Crippen molar-refractivity contribution in [3.05, 3.63) is 40.9 Å². The number of fused-ring (bicyclic) bond motifs is 1. The minimum atomic E-state index is -1.42. The van der Waals surface area contributed by atoms with Crippen molar-refractivity contribution >= 4 is 35.1 Å². The quantitative estimate of drug-likeness (QED) is 0.766. The van der Waals surface area contributed by atoms with E-state index >= 15 is 0 Å². The molecule has 0 spiro atoms. The number of carboxylic acid groups (broad SMARTS) is 1. The number of allylic oxidation sites excluding steroid dienone is 2. The van der Waals surface area contributed by atoms with Gasteiger partial charge in [-0.05, 0) is 18.9 Å². The number of hydrogen-bond acceptors (Lipinski definition) is 4. The number of benzene rings is 1. The second kappa shape index (κ2) is 5.00. The van der Waals surface area contributed by atoms with Crippen LogP contribution in [0.25, 0.3) is 0 Å². The summed E-state index contributed by atoms with van der Waals surface area (Å²) in [6, 6.07) is 5.85. The number of nitrogens with zero attached hydrogens (tertiary/aromatic N) is 1. The number of amides is 2. The molecule has 1 heterocycles. The van der Waals surface area contributed by atoms with Crippen molar-refractivity contribution < 1.29 is 19.5 Å². The number of carbonyl (C=O) groups excluding carboxylic acids is 3. The van der Waals surface area contributed by atoms with Crippen LogP contribution in [0, 0.1) is 11.8 Å². The third-order valence-corrected chi connectivity index (χ3v) is 4.24. The van der Waals surface area contributed by atoms with Crippen LogP contribution in [-0.2, 0) is 9.59 Å². The van der Waals surface area contributed by atoms with Crippen molar-refractivity contribution in [3.63, 3.8) is 0 Å². The van der Waals surface area contributed by atoms with E-state index in [0.717, 1.165) is 4.90 Å². The summed E-state index contributed by atoms with van der Waals surface area (Å²) in [6.07, 6.45) is 2.46. The summed E-state index contributed by atoms with van der Waals surface area (Å²) in [6.45, 7) is 0. The maximum Gasteiger partial charge on any atom is 0.238 e.